The zero-order valence-electron chi connectivity index (χ0n) is 8.90. The van der Waals surface area contributed by atoms with E-state index in [9.17, 15) is 4.39 Å². The quantitative estimate of drug-likeness (QED) is 0.574. The van der Waals surface area contributed by atoms with Gasteiger partial charge in [0.1, 0.15) is 0 Å². The van der Waals surface area contributed by atoms with Gasteiger partial charge in [-0.3, -0.25) is 0 Å². The fraction of sp³-hybridized carbons (Fsp3) is 0.222. The first-order valence-electron chi connectivity index (χ1n) is 4.62. The third kappa shape index (κ3) is 1.61. The predicted molar refractivity (Wildman–Crippen MR) is 56.7 cm³/mol. The van der Waals surface area contributed by atoms with E-state index in [0.29, 0.717) is 11.6 Å². The zero-order valence-corrected chi connectivity index (χ0v) is 8.90. The number of imidazole rings is 1. The van der Waals surface area contributed by atoms with Crippen LogP contribution in [0.25, 0.3) is 11.6 Å². The fourth-order valence-corrected chi connectivity index (χ4v) is 1.34. The van der Waals surface area contributed by atoms with Crippen LogP contribution in [0.3, 0.4) is 0 Å². The van der Waals surface area contributed by atoms with Crippen molar-refractivity contribution in [1.82, 2.24) is 19.5 Å². The maximum Gasteiger partial charge on any atom is 0.198 e. The Labute approximate surface area is 91.3 Å². The molecule has 0 saturated carbocycles. The Bertz CT molecular complexity index is 521. The Kier molecular flexibility index (Phi) is 2.53. The lowest BCUT2D eigenvalue weighted by Crippen LogP contribution is -2.13. The van der Waals surface area contributed by atoms with Crippen LogP contribution >= 0.6 is 0 Å². The van der Waals surface area contributed by atoms with Gasteiger partial charge in [-0.15, -0.1) is 0 Å². The highest BCUT2D eigenvalue weighted by Gasteiger charge is 2.14. The van der Waals surface area contributed by atoms with Crippen LogP contribution in [0, 0.1) is 12.7 Å². The number of hydrazine groups is 1. The Balaban J connectivity index is 2.59. The summed E-state index contributed by atoms with van der Waals surface area (Å²) >= 11 is 0. The van der Waals surface area contributed by atoms with E-state index in [1.165, 1.54) is 0 Å². The average Bonchev–Trinajstić information content (AvgIpc) is 2.68. The number of rotatable bonds is 2. The van der Waals surface area contributed by atoms with Gasteiger partial charge in [0.2, 0.25) is 0 Å². The largest absolute Gasteiger partial charge is 0.331 e. The van der Waals surface area contributed by atoms with Gasteiger partial charge in [0.25, 0.3) is 0 Å². The van der Waals surface area contributed by atoms with Crippen LogP contribution in [0.15, 0.2) is 12.4 Å². The minimum atomic E-state index is -0.555. The van der Waals surface area contributed by atoms with E-state index < -0.39 is 5.82 Å². The molecule has 2 heterocycles. The van der Waals surface area contributed by atoms with E-state index in [1.807, 2.05) is 0 Å². The summed E-state index contributed by atoms with van der Waals surface area (Å²) in [5.74, 6) is 5.47. The topological polar surface area (TPSA) is 81.7 Å². The Hall–Kier alpha value is -2.02. The number of halogens is 1. The summed E-state index contributed by atoms with van der Waals surface area (Å²) in [6.07, 6.45) is 3.37. The smallest absolute Gasteiger partial charge is 0.198 e. The molecule has 2 aromatic rings. The van der Waals surface area contributed by atoms with Crippen molar-refractivity contribution in [3.05, 3.63) is 23.9 Å². The third-order valence-corrected chi connectivity index (χ3v) is 2.17. The molecule has 84 valence electrons. The molecule has 6 nitrogen and oxygen atoms in total. The minimum absolute atomic E-state index is 0.0366. The lowest BCUT2D eigenvalue weighted by atomic mass is 10.4. The third-order valence-electron chi connectivity index (χ3n) is 2.17. The maximum atomic E-state index is 13.4. The lowest BCUT2D eigenvalue weighted by Gasteiger charge is -2.06. The van der Waals surface area contributed by atoms with E-state index >= 15 is 0 Å². The molecule has 0 amide bonds. The number of hydrogen-bond donors (Lipinski definition) is 2. The molecule has 2 rings (SSSR count). The molecule has 2 aromatic heterocycles. The molecule has 3 N–H and O–H groups in total. The number of nitrogens with zero attached hydrogens (tertiary/aromatic N) is 4. The normalized spacial score (nSPS) is 10.5. The van der Waals surface area contributed by atoms with Crippen molar-refractivity contribution in [3.8, 4) is 11.6 Å². The summed E-state index contributed by atoms with van der Waals surface area (Å²) in [4.78, 5) is 12.0. The first kappa shape index (κ1) is 10.5. The monoisotopic (exact) mass is 222 g/mol. The molecule has 0 aromatic carbocycles. The average molecular weight is 222 g/mol. The molecule has 0 aliphatic rings. The molecule has 0 aliphatic carbocycles. The van der Waals surface area contributed by atoms with Crippen molar-refractivity contribution in [2.45, 2.75) is 6.92 Å². The van der Waals surface area contributed by atoms with Gasteiger partial charge in [-0.2, -0.15) is 0 Å². The number of nitrogens with two attached hydrogens (primary N) is 1. The fourth-order valence-electron chi connectivity index (χ4n) is 1.34. The zero-order chi connectivity index (χ0) is 11.7. The highest BCUT2D eigenvalue weighted by atomic mass is 19.1. The van der Waals surface area contributed by atoms with Crippen LogP contribution in [0.2, 0.25) is 0 Å². The Morgan fingerprint density at radius 2 is 2.19 bits per heavy atom. The first-order chi connectivity index (χ1) is 7.63. The summed E-state index contributed by atoms with van der Waals surface area (Å²) in [5, 5.41) is 0. The number of anilines is 1. The van der Waals surface area contributed by atoms with E-state index in [2.05, 4.69) is 20.4 Å². The summed E-state index contributed by atoms with van der Waals surface area (Å²) in [5.41, 5.74) is 2.42. The number of aromatic nitrogens is 4. The Morgan fingerprint density at radius 1 is 1.44 bits per heavy atom. The van der Waals surface area contributed by atoms with Gasteiger partial charge in [0.05, 0.1) is 5.69 Å². The molecule has 16 heavy (non-hydrogen) atoms. The SMILES string of the molecule is Cc1nc(-c2nccn2C)nc(NN)c1F. The van der Waals surface area contributed by atoms with Gasteiger partial charge >= 0.3 is 0 Å². The van der Waals surface area contributed by atoms with Crippen LogP contribution in [0.5, 0.6) is 0 Å². The summed E-state index contributed by atoms with van der Waals surface area (Å²) < 4.78 is 15.2. The molecular weight excluding hydrogens is 211 g/mol. The van der Waals surface area contributed by atoms with Gasteiger partial charge in [0.15, 0.2) is 23.3 Å². The summed E-state index contributed by atoms with van der Waals surface area (Å²) in [6.45, 7) is 1.55. The first-order valence-corrected chi connectivity index (χ1v) is 4.62. The van der Waals surface area contributed by atoms with Gasteiger partial charge in [0, 0.05) is 19.4 Å². The van der Waals surface area contributed by atoms with Gasteiger partial charge in [-0.05, 0) is 6.92 Å². The molecule has 0 fully saturated rings. The van der Waals surface area contributed by atoms with Crippen molar-refractivity contribution in [2.75, 3.05) is 5.43 Å². The lowest BCUT2D eigenvalue weighted by molar-refractivity contribution is 0.605. The van der Waals surface area contributed by atoms with Gasteiger partial charge < -0.3 is 9.99 Å². The molecule has 0 saturated heterocycles. The maximum absolute atomic E-state index is 13.4. The minimum Gasteiger partial charge on any atom is -0.331 e. The van der Waals surface area contributed by atoms with Crippen LogP contribution in [-0.4, -0.2) is 19.5 Å². The van der Waals surface area contributed by atoms with Crippen molar-refractivity contribution in [3.63, 3.8) is 0 Å². The van der Waals surface area contributed by atoms with E-state index in [4.69, 9.17) is 5.84 Å². The van der Waals surface area contributed by atoms with Crippen LogP contribution in [0.4, 0.5) is 10.2 Å². The number of nitrogens with one attached hydrogen (secondary N) is 1. The van der Waals surface area contributed by atoms with Gasteiger partial charge in [-0.25, -0.2) is 25.2 Å². The van der Waals surface area contributed by atoms with Crippen molar-refractivity contribution >= 4 is 5.82 Å². The molecule has 0 atom stereocenters. The second-order valence-electron chi connectivity index (χ2n) is 3.30. The van der Waals surface area contributed by atoms with E-state index in [-0.39, 0.29) is 11.5 Å². The molecule has 0 unspecified atom stereocenters. The highest BCUT2D eigenvalue weighted by Crippen LogP contribution is 2.18. The molecule has 7 heteroatoms. The van der Waals surface area contributed by atoms with Crippen LogP contribution < -0.4 is 11.3 Å². The van der Waals surface area contributed by atoms with Crippen molar-refractivity contribution in [2.24, 2.45) is 12.9 Å². The van der Waals surface area contributed by atoms with Crippen molar-refractivity contribution < 1.29 is 4.39 Å². The Morgan fingerprint density at radius 3 is 2.75 bits per heavy atom. The van der Waals surface area contributed by atoms with Crippen LogP contribution in [-0.2, 0) is 7.05 Å². The standard InChI is InChI=1S/C9H11FN6/c1-5-6(10)7(15-11)14-8(13-5)9-12-3-4-16(9)2/h3-4H,11H2,1-2H3,(H,13,14,15). The number of nitrogen functional groups attached to an aromatic ring is 1. The molecular formula is C9H11FN6. The van der Waals surface area contributed by atoms with E-state index in [0.717, 1.165) is 0 Å². The second-order valence-corrected chi connectivity index (χ2v) is 3.30. The summed E-state index contributed by atoms with van der Waals surface area (Å²) in [6, 6.07) is 0. The number of hydrogen-bond acceptors (Lipinski definition) is 5. The number of aryl methyl sites for hydroxylation is 2. The second kappa shape index (κ2) is 3.86. The highest BCUT2D eigenvalue weighted by molar-refractivity contribution is 5.50. The van der Waals surface area contributed by atoms with Gasteiger partial charge in [-0.1, -0.05) is 0 Å². The molecule has 0 bridgehead atoms. The van der Waals surface area contributed by atoms with E-state index in [1.54, 1.807) is 30.9 Å². The van der Waals surface area contributed by atoms with Crippen molar-refractivity contribution in [1.29, 1.82) is 0 Å². The molecule has 0 aliphatic heterocycles. The summed E-state index contributed by atoms with van der Waals surface area (Å²) in [7, 11) is 1.81. The molecule has 0 spiro atoms. The molecule has 0 radical (unpaired) electrons. The van der Waals surface area contributed by atoms with Crippen LogP contribution in [0.1, 0.15) is 5.69 Å². The predicted octanol–water partition coefficient (Wildman–Crippen LogP) is 0.610.